The fraction of sp³-hybridized carbons (Fsp3) is 0.400. The third-order valence-corrected chi connectivity index (χ3v) is 2.48. The van der Waals surface area contributed by atoms with Gasteiger partial charge in [0.25, 0.3) is 0 Å². The largest absolute Gasteiger partial charge is 0.485 e. The smallest absolute Gasteiger partial charge is 0.237 e. The molecule has 1 saturated heterocycles. The molecule has 1 amide bonds. The third-order valence-electron chi connectivity index (χ3n) is 2.25. The average Bonchev–Trinajstić information content (AvgIpc) is 2.23. The van der Waals surface area contributed by atoms with Gasteiger partial charge in [-0.05, 0) is 12.1 Å². The first-order chi connectivity index (χ1) is 7.29. The highest BCUT2D eigenvalue weighted by molar-refractivity contribution is 6.27. The lowest BCUT2D eigenvalue weighted by molar-refractivity contribution is -0.137. The third kappa shape index (κ3) is 2.39. The van der Waals surface area contributed by atoms with E-state index in [1.807, 2.05) is 12.1 Å². The van der Waals surface area contributed by atoms with Gasteiger partial charge >= 0.3 is 0 Å². The fourth-order valence-corrected chi connectivity index (χ4v) is 1.58. The topological polar surface area (TPSA) is 42.4 Å². The lowest BCUT2D eigenvalue weighted by Crippen LogP contribution is -2.56. The van der Waals surface area contributed by atoms with E-state index >= 15 is 0 Å². The van der Waals surface area contributed by atoms with Crippen molar-refractivity contribution in [1.82, 2.24) is 9.88 Å². The Labute approximate surface area is 92.8 Å². The van der Waals surface area contributed by atoms with E-state index < -0.39 is 0 Å². The molecule has 0 bridgehead atoms. The second-order valence-corrected chi connectivity index (χ2v) is 3.63. The van der Waals surface area contributed by atoms with Crippen molar-refractivity contribution in [3.63, 3.8) is 0 Å². The summed E-state index contributed by atoms with van der Waals surface area (Å²) in [5.74, 6) is 0.739. The zero-order chi connectivity index (χ0) is 10.7. The van der Waals surface area contributed by atoms with E-state index in [2.05, 4.69) is 4.98 Å². The molecule has 5 heteroatoms. The van der Waals surface area contributed by atoms with Gasteiger partial charge in [-0.3, -0.25) is 9.78 Å². The number of rotatable bonds is 3. The number of aromatic nitrogens is 1. The van der Waals surface area contributed by atoms with Gasteiger partial charge in [-0.2, -0.15) is 0 Å². The molecule has 0 aromatic carbocycles. The molecule has 1 aromatic rings. The normalized spacial score (nSPS) is 15.9. The molecule has 2 heterocycles. The first-order valence-corrected chi connectivity index (χ1v) is 5.23. The monoisotopic (exact) mass is 226 g/mol. The number of halogens is 1. The molecule has 0 radical (unpaired) electrons. The lowest BCUT2D eigenvalue weighted by atomic mass is 10.1. The van der Waals surface area contributed by atoms with E-state index in [9.17, 15) is 4.79 Å². The predicted molar refractivity (Wildman–Crippen MR) is 56.0 cm³/mol. The summed E-state index contributed by atoms with van der Waals surface area (Å²) in [5, 5.41) is 0. The van der Waals surface area contributed by atoms with E-state index in [1.165, 1.54) is 0 Å². The number of pyridine rings is 1. The van der Waals surface area contributed by atoms with Crippen molar-refractivity contribution in [3.8, 4) is 5.75 Å². The highest BCUT2D eigenvalue weighted by Gasteiger charge is 2.31. The molecule has 1 fully saturated rings. The van der Waals surface area contributed by atoms with E-state index in [-0.39, 0.29) is 17.9 Å². The number of hydrogen-bond donors (Lipinski definition) is 0. The number of ether oxygens (including phenoxy) is 1. The number of alkyl halides is 1. The molecule has 0 aliphatic carbocycles. The van der Waals surface area contributed by atoms with Crippen molar-refractivity contribution in [1.29, 1.82) is 0 Å². The van der Waals surface area contributed by atoms with E-state index in [1.54, 1.807) is 17.3 Å². The molecule has 15 heavy (non-hydrogen) atoms. The van der Waals surface area contributed by atoms with Crippen molar-refractivity contribution in [2.24, 2.45) is 0 Å². The first kappa shape index (κ1) is 10.2. The summed E-state index contributed by atoms with van der Waals surface area (Å²) in [7, 11) is 0. The average molecular weight is 227 g/mol. The SMILES string of the molecule is O=C(CCl)N1CC(Oc2cccnc2)C1. The molecule has 0 atom stereocenters. The molecule has 0 saturated carbocycles. The zero-order valence-electron chi connectivity index (χ0n) is 8.10. The van der Waals surface area contributed by atoms with Crippen LogP contribution in [-0.2, 0) is 4.79 Å². The first-order valence-electron chi connectivity index (χ1n) is 4.70. The van der Waals surface area contributed by atoms with Crippen LogP contribution in [0, 0.1) is 0 Å². The number of carbonyl (C=O) groups excluding carboxylic acids is 1. The van der Waals surface area contributed by atoms with E-state index in [0.717, 1.165) is 5.75 Å². The zero-order valence-corrected chi connectivity index (χ0v) is 8.85. The Kier molecular flexibility index (Phi) is 3.06. The van der Waals surface area contributed by atoms with Crippen LogP contribution >= 0.6 is 11.6 Å². The van der Waals surface area contributed by atoms with Crippen molar-refractivity contribution in [2.75, 3.05) is 19.0 Å². The molecule has 1 aliphatic heterocycles. The highest BCUT2D eigenvalue weighted by Crippen LogP contribution is 2.16. The summed E-state index contributed by atoms with van der Waals surface area (Å²) >= 11 is 5.43. The number of likely N-dealkylation sites (tertiary alicyclic amines) is 1. The molecular weight excluding hydrogens is 216 g/mol. The van der Waals surface area contributed by atoms with Crippen LogP contribution in [0.2, 0.25) is 0 Å². The van der Waals surface area contributed by atoms with Crippen LogP contribution in [0.25, 0.3) is 0 Å². The van der Waals surface area contributed by atoms with Crippen LogP contribution in [0.4, 0.5) is 0 Å². The summed E-state index contributed by atoms with van der Waals surface area (Å²) in [6, 6.07) is 3.66. The van der Waals surface area contributed by atoms with Gasteiger partial charge in [0.2, 0.25) is 5.91 Å². The van der Waals surface area contributed by atoms with Gasteiger partial charge < -0.3 is 9.64 Å². The van der Waals surface area contributed by atoms with Gasteiger partial charge in [-0.1, -0.05) is 0 Å². The van der Waals surface area contributed by atoms with E-state index in [4.69, 9.17) is 16.3 Å². The second-order valence-electron chi connectivity index (χ2n) is 3.36. The maximum absolute atomic E-state index is 11.1. The van der Waals surface area contributed by atoms with Gasteiger partial charge in [-0.25, -0.2) is 0 Å². The Morgan fingerprint density at radius 2 is 2.47 bits per heavy atom. The van der Waals surface area contributed by atoms with Crippen molar-refractivity contribution >= 4 is 17.5 Å². The Morgan fingerprint density at radius 3 is 3.07 bits per heavy atom. The molecule has 80 valence electrons. The number of amides is 1. The Bertz CT molecular complexity index is 339. The Balaban J connectivity index is 1.79. The minimum Gasteiger partial charge on any atom is -0.485 e. The minimum atomic E-state index is -0.0392. The second kappa shape index (κ2) is 4.49. The fourth-order valence-electron chi connectivity index (χ4n) is 1.41. The standard InChI is InChI=1S/C10H11ClN2O2/c11-4-10(14)13-6-9(7-13)15-8-2-1-3-12-5-8/h1-3,5,9H,4,6-7H2. The van der Waals surface area contributed by atoms with Crippen LogP contribution in [0.5, 0.6) is 5.75 Å². The van der Waals surface area contributed by atoms with Gasteiger partial charge in [0.05, 0.1) is 19.3 Å². The molecular formula is C10H11ClN2O2. The van der Waals surface area contributed by atoms with Crippen LogP contribution in [-0.4, -0.2) is 40.9 Å². The van der Waals surface area contributed by atoms with E-state index in [0.29, 0.717) is 13.1 Å². The van der Waals surface area contributed by atoms with Gasteiger partial charge in [0.15, 0.2) is 0 Å². The predicted octanol–water partition coefficient (Wildman–Crippen LogP) is 0.910. The quantitative estimate of drug-likeness (QED) is 0.720. The number of hydrogen-bond acceptors (Lipinski definition) is 3. The molecule has 0 N–H and O–H groups in total. The summed E-state index contributed by atoms with van der Waals surface area (Å²) in [5.41, 5.74) is 0. The maximum Gasteiger partial charge on any atom is 0.237 e. The summed E-state index contributed by atoms with van der Waals surface area (Å²) in [6.07, 6.45) is 3.42. The Hall–Kier alpha value is -1.29. The summed E-state index contributed by atoms with van der Waals surface area (Å²) in [4.78, 5) is 16.7. The minimum absolute atomic E-state index is 0.0392. The summed E-state index contributed by atoms with van der Waals surface area (Å²) in [6.45, 7) is 1.22. The van der Waals surface area contributed by atoms with Crippen molar-refractivity contribution in [3.05, 3.63) is 24.5 Å². The van der Waals surface area contributed by atoms with Gasteiger partial charge in [0, 0.05) is 6.20 Å². The van der Waals surface area contributed by atoms with Crippen LogP contribution in [0.1, 0.15) is 0 Å². The van der Waals surface area contributed by atoms with Crippen LogP contribution in [0.3, 0.4) is 0 Å². The molecule has 1 aromatic heterocycles. The van der Waals surface area contributed by atoms with Crippen LogP contribution < -0.4 is 4.74 Å². The Morgan fingerprint density at radius 1 is 1.67 bits per heavy atom. The maximum atomic E-state index is 11.1. The molecule has 0 spiro atoms. The molecule has 4 nitrogen and oxygen atoms in total. The molecule has 1 aliphatic rings. The molecule has 2 rings (SSSR count). The van der Waals surface area contributed by atoms with Crippen molar-refractivity contribution in [2.45, 2.75) is 6.10 Å². The van der Waals surface area contributed by atoms with Crippen molar-refractivity contribution < 1.29 is 9.53 Å². The highest BCUT2D eigenvalue weighted by atomic mass is 35.5. The van der Waals surface area contributed by atoms with Gasteiger partial charge in [-0.15, -0.1) is 11.6 Å². The molecule has 0 unspecified atom stereocenters. The summed E-state index contributed by atoms with van der Waals surface area (Å²) < 4.78 is 5.58. The lowest BCUT2D eigenvalue weighted by Gasteiger charge is -2.38. The number of carbonyl (C=O) groups is 1. The number of nitrogens with zero attached hydrogens (tertiary/aromatic N) is 2. The van der Waals surface area contributed by atoms with Crippen LogP contribution in [0.15, 0.2) is 24.5 Å². The van der Waals surface area contributed by atoms with Gasteiger partial charge in [0.1, 0.15) is 17.7 Å².